The molecule has 2 N–H and O–H groups in total. The lowest BCUT2D eigenvalue weighted by atomic mass is 10.1. The van der Waals surface area contributed by atoms with Crippen molar-refractivity contribution in [3.63, 3.8) is 0 Å². The number of aromatic nitrogens is 3. The van der Waals surface area contributed by atoms with E-state index < -0.39 is 42.7 Å². The number of aliphatic hydroxyl groups is 1. The number of rotatable bonds is 7. The fourth-order valence-electron chi connectivity index (χ4n) is 3.92. The number of aliphatic hydroxyl groups excluding tert-OH is 1. The summed E-state index contributed by atoms with van der Waals surface area (Å²) in [5.74, 6) is -1.56. The Morgan fingerprint density at radius 2 is 1.81 bits per heavy atom. The third-order valence-corrected chi connectivity index (χ3v) is 5.73. The van der Waals surface area contributed by atoms with Crippen molar-refractivity contribution in [2.75, 3.05) is 13.2 Å². The number of imidazole rings is 1. The molecular weight excluding hydrogens is 500 g/mol. The minimum atomic E-state index is -0.806. The standard InChI is InChI=1S/C22H22ClF2N3O6.C2H6/c1-9(2)33-10-3-13(24)11(14(25)4-10)6-32-21-12(23)5-15-20(27-21)28-22(26-15)34-17-8-31-18-16(29)7-30-19(17)18;1-2/h3-5,9,16-19,29H,6-8H2,1-2H3,(H,26,27,28);1-2H3/t16-,17-,18?,19?;/m1./s1. The van der Waals surface area contributed by atoms with E-state index in [2.05, 4.69) is 15.0 Å². The van der Waals surface area contributed by atoms with Gasteiger partial charge in [-0.3, -0.25) is 0 Å². The number of nitrogens with one attached hydrogen (secondary N) is 1. The van der Waals surface area contributed by atoms with Crippen molar-refractivity contribution in [2.24, 2.45) is 0 Å². The van der Waals surface area contributed by atoms with Gasteiger partial charge in [0, 0.05) is 12.1 Å². The fourth-order valence-corrected chi connectivity index (χ4v) is 4.13. The average Bonchev–Trinajstić information content (AvgIpc) is 3.51. The molecule has 2 fully saturated rings. The Bertz CT molecular complexity index is 1190. The van der Waals surface area contributed by atoms with Gasteiger partial charge in [0.25, 0.3) is 6.01 Å². The molecule has 4 heterocycles. The van der Waals surface area contributed by atoms with Crippen LogP contribution in [0.15, 0.2) is 18.2 Å². The second-order valence-electron chi connectivity index (χ2n) is 8.33. The number of hydrogen-bond donors (Lipinski definition) is 2. The Morgan fingerprint density at radius 1 is 1.11 bits per heavy atom. The number of nitrogens with zero attached hydrogens (tertiary/aromatic N) is 2. The summed E-state index contributed by atoms with van der Waals surface area (Å²) in [6, 6.07) is 3.88. The van der Waals surface area contributed by atoms with Gasteiger partial charge in [-0.2, -0.15) is 9.97 Å². The summed E-state index contributed by atoms with van der Waals surface area (Å²) in [5.41, 5.74) is 0.427. The quantitative estimate of drug-likeness (QED) is 0.471. The molecule has 0 bridgehead atoms. The molecule has 5 rings (SSSR count). The van der Waals surface area contributed by atoms with Crippen LogP contribution in [0.3, 0.4) is 0 Å². The van der Waals surface area contributed by atoms with Crippen LogP contribution in [0.25, 0.3) is 11.2 Å². The number of aromatic amines is 1. The van der Waals surface area contributed by atoms with Crippen LogP contribution in [-0.2, 0) is 16.1 Å². The molecule has 12 heteroatoms. The summed E-state index contributed by atoms with van der Waals surface area (Å²) in [7, 11) is 0. The highest BCUT2D eigenvalue weighted by Crippen LogP contribution is 2.32. The molecule has 2 aliphatic heterocycles. The highest BCUT2D eigenvalue weighted by Gasteiger charge is 2.48. The van der Waals surface area contributed by atoms with Gasteiger partial charge in [0.2, 0.25) is 5.88 Å². The normalized spacial score (nSPS) is 22.9. The first-order valence-electron chi connectivity index (χ1n) is 11.7. The largest absolute Gasteiger partial charge is 0.491 e. The van der Waals surface area contributed by atoms with E-state index in [1.165, 1.54) is 6.07 Å². The molecule has 2 saturated heterocycles. The number of pyridine rings is 1. The van der Waals surface area contributed by atoms with Crippen LogP contribution in [-0.4, -0.2) is 63.8 Å². The van der Waals surface area contributed by atoms with Crippen LogP contribution in [0.5, 0.6) is 17.6 Å². The van der Waals surface area contributed by atoms with Gasteiger partial charge in [-0.15, -0.1) is 0 Å². The van der Waals surface area contributed by atoms with E-state index >= 15 is 0 Å². The Morgan fingerprint density at radius 3 is 2.50 bits per heavy atom. The van der Waals surface area contributed by atoms with Gasteiger partial charge in [0.05, 0.1) is 30.4 Å². The fraction of sp³-hybridized carbons (Fsp3) is 0.500. The molecule has 2 aliphatic rings. The summed E-state index contributed by atoms with van der Waals surface area (Å²) in [5, 5.41) is 9.97. The zero-order valence-electron chi connectivity index (χ0n) is 20.3. The van der Waals surface area contributed by atoms with E-state index in [4.69, 9.17) is 35.3 Å². The Balaban J connectivity index is 0.00000148. The van der Waals surface area contributed by atoms with Gasteiger partial charge in [-0.25, -0.2) is 8.78 Å². The van der Waals surface area contributed by atoms with Crippen molar-refractivity contribution in [1.82, 2.24) is 15.0 Å². The van der Waals surface area contributed by atoms with Crippen LogP contribution in [0, 0.1) is 11.6 Å². The molecule has 0 radical (unpaired) electrons. The molecule has 0 amide bonds. The van der Waals surface area contributed by atoms with E-state index in [0.29, 0.717) is 5.52 Å². The Kier molecular flexibility index (Phi) is 8.13. The predicted molar refractivity (Wildman–Crippen MR) is 127 cm³/mol. The molecule has 0 aliphatic carbocycles. The highest BCUT2D eigenvalue weighted by molar-refractivity contribution is 6.32. The molecule has 3 aromatic rings. The number of fused-ring (bicyclic) bond motifs is 2. The molecule has 0 saturated carbocycles. The lowest BCUT2D eigenvalue weighted by molar-refractivity contribution is 0.00706. The van der Waals surface area contributed by atoms with Crippen molar-refractivity contribution in [2.45, 2.75) is 64.8 Å². The van der Waals surface area contributed by atoms with Crippen molar-refractivity contribution in [3.8, 4) is 17.6 Å². The van der Waals surface area contributed by atoms with E-state index in [1.54, 1.807) is 13.8 Å². The smallest absolute Gasteiger partial charge is 0.296 e. The van der Waals surface area contributed by atoms with E-state index in [1.807, 2.05) is 13.8 Å². The van der Waals surface area contributed by atoms with E-state index in [0.717, 1.165) is 12.1 Å². The predicted octanol–water partition coefficient (Wildman–Crippen LogP) is 4.19. The van der Waals surface area contributed by atoms with Crippen molar-refractivity contribution in [1.29, 1.82) is 0 Å². The van der Waals surface area contributed by atoms with Gasteiger partial charge < -0.3 is 33.8 Å². The number of ether oxygens (including phenoxy) is 5. The maximum Gasteiger partial charge on any atom is 0.296 e. The lowest BCUT2D eigenvalue weighted by Gasteiger charge is -2.15. The number of benzene rings is 1. The minimum absolute atomic E-state index is 0.0416. The first kappa shape index (κ1) is 26.3. The van der Waals surface area contributed by atoms with Crippen LogP contribution < -0.4 is 14.2 Å². The van der Waals surface area contributed by atoms with Gasteiger partial charge >= 0.3 is 0 Å². The summed E-state index contributed by atoms with van der Waals surface area (Å²) in [4.78, 5) is 11.5. The summed E-state index contributed by atoms with van der Waals surface area (Å²) in [6.45, 7) is 7.50. The third-order valence-electron chi connectivity index (χ3n) is 5.46. The number of H-pyrrole nitrogens is 1. The second kappa shape index (κ2) is 11.1. The second-order valence-corrected chi connectivity index (χ2v) is 8.74. The maximum atomic E-state index is 14.4. The highest BCUT2D eigenvalue weighted by atomic mass is 35.5. The maximum absolute atomic E-state index is 14.4. The van der Waals surface area contributed by atoms with Gasteiger partial charge in [0.1, 0.15) is 47.3 Å². The summed E-state index contributed by atoms with van der Waals surface area (Å²) < 4.78 is 56.6. The van der Waals surface area contributed by atoms with Crippen LogP contribution in [0.1, 0.15) is 33.3 Å². The Hall–Kier alpha value is -2.73. The molecule has 1 aromatic carbocycles. The molecule has 2 aromatic heterocycles. The van der Waals surface area contributed by atoms with E-state index in [-0.39, 0.29) is 53.2 Å². The molecule has 4 atom stereocenters. The van der Waals surface area contributed by atoms with Crippen LogP contribution in [0.2, 0.25) is 5.02 Å². The summed E-state index contributed by atoms with van der Waals surface area (Å²) in [6.07, 6.45) is -2.21. The molecule has 0 spiro atoms. The Labute approximate surface area is 211 Å². The molecular formula is C24H28ClF2N3O6. The average molecular weight is 528 g/mol. The van der Waals surface area contributed by atoms with Gasteiger partial charge in [-0.05, 0) is 19.9 Å². The van der Waals surface area contributed by atoms with Crippen LogP contribution in [0.4, 0.5) is 8.78 Å². The SMILES string of the molecule is CC.CC(C)Oc1cc(F)c(COc2nc3nc(O[C@@H]4COC5C4OC[C@H]5O)[nH]c3cc2Cl)c(F)c1. The van der Waals surface area contributed by atoms with Crippen molar-refractivity contribution in [3.05, 3.63) is 40.4 Å². The van der Waals surface area contributed by atoms with E-state index in [9.17, 15) is 13.9 Å². The number of hydrogen-bond acceptors (Lipinski definition) is 8. The lowest BCUT2D eigenvalue weighted by Crippen LogP contribution is -2.34. The van der Waals surface area contributed by atoms with Crippen molar-refractivity contribution >= 4 is 22.8 Å². The first-order chi connectivity index (χ1) is 17.3. The van der Waals surface area contributed by atoms with Gasteiger partial charge in [-0.1, -0.05) is 25.4 Å². The van der Waals surface area contributed by atoms with Gasteiger partial charge in [0.15, 0.2) is 11.8 Å². The molecule has 36 heavy (non-hydrogen) atoms. The molecule has 196 valence electrons. The molecule has 2 unspecified atom stereocenters. The van der Waals surface area contributed by atoms with Crippen LogP contribution >= 0.6 is 11.6 Å². The monoisotopic (exact) mass is 527 g/mol. The molecule has 9 nitrogen and oxygen atoms in total. The topological polar surface area (TPSA) is 108 Å². The minimum Gasteiger partial charge on any atom is -0.491 e. The zero-order valence-corrected chi connectivity index (χ0v) is 21.0. The third kappa shape index (κ3) is 5.49. The first-order valence-corrected chi connectivity index (χ1v) is 12.1. The van der Waals surface area contributed by atoms with Crippen molar-refractivity contribution < 1.29 is 37.6 Å². The number of halogens is 3. The zero-order chi connectivity index (χ0) is 26.0. The summed E-state index contributed by atoms with van der Waals surface area (Å²) >= 11 is 6.25.